The monoisotopic (exact) mass is 412 g/mol. The second-order valence-corrected chi connectivity index (χ2v) is 7.07. The zero-order valence-electron chi connectivity index (χ0n) is 9.13. The van der Waals surface area contributed by atoms with E-state index >= 15 is 0 Å². The van der Waals surface area contributed by atoms with Crippen molar-refractivity contribution in [2.45, 2.75) is 6.92 Å². The predicted octanol–water partition coefficient (Wildman–Crippen LogP) is 4.62. The molecule has 0 aromatic carbocycles. The fourth-order valence-electron chi connectivity index (χ4n) is 1.36. The van der Waals surface area contributed by atoms with E-state index in [4.69, 9.17) is 23.2 Å². The molecular weight excluding hydrogens is 406 g/mol. The second-order valence-electron chi connectivity index (χ2n) is 3.52. The Labute approximate surface area is 132 Å². The molecular formula is C11H7Cl2IN2OS. The largest absolute Gasteiger partial charge is 0.319 e. The summed E-state index contributed by atoms with van der Waals surface area (Å²) in [7, 11) is 0. The molecule has 2 heterocycles. The Balaban J connectivity index is 2.27. The lowest BCUT2D eigenvalue weighted by Crippen LogP contribution is -2.12. The lowest BCUT2D eigenvalue weighted by Gasteiger charge is -2.09. The number of hydrogen-bond donors (Lipinski definition) is 1. The summed E-state index contributed by atoms with van der Waals surface area (Å²) in [5.41, 5.74) is 1.88. The van der Waals surface area contributed by atoms with Crippen molar-refractivity contribution >= 4 is 68.7 Å². The highest BCUT2D eigenvalue weighted by Crippen LogP contribution is 2.27. The van der Waals surface area contributed by atoms with Crippen molar-refractivity contribution in [1.82, 2.24) is 4.98 Å². The molecule has 0 bridgehead atoms. The van der Waals surface area contributed by atoms with E-state index in [0.717, 1.165) is 8.45 Å². The quantitative estimate of drug-likeness (QED) is 0.577. The van der Waals surface area contributed by atoms with Crippen LogP contribution in [0.25, 0.3) is 0 Å². The Morgan fingerprint density at radius 2 is 2.17 bits per heavy atom. The van der Waals surface area contributed by atoms with E-state index in [0.29, 0.717) is 16.4 Å². The van der Waals surface area contributed by atoms with Crippen molar-refractivity contribution in [2.75, 3.05) is 5.32 Å². The highest BCUT2D eigenvalue weighted by molar-refractivity contribution is 14.1. The van der Waals surface area contributed by atoms with Gasteiger partial charge in [-0.25, -0.2) is 4.98 Å². The van der Waals surface area contributed by atoms with Crippen LogP contribution >= 0.6 is 57.1 Å². The molecule has 2 aromatic heterocycles. The first-order chi connectivity index (χ1) is 8.47. The van der Waals surface area contributed by atoms with Crippen LogP contribution in [0.1, 0.15) is 15.9 Å². The Morgan fingerprint density at radius 1 is 1.44 bits per heavy atom. The van der Waals surface area contributed by atoms with Crippen LogP contribution in [0.4, 0.5) is 5.69 Å². The molecule has 1 N–H and O–H groups in total. The number of carbonyl (C=O) groups is 1. The summed E-state index contributed by atoms with van der Waals surface area (Å²) < 4.78 is 1.05. The molecule has 7 heteroatoms. The topological polar surface area (TPSA) is 42.0 Å². The van der Waals surface area contributed by atoms with E-state index in [1.807, 2.05) is 13.0 Å². The van der Waals surface area contributed by atoms with Gasteiger partial charge in [0.05, 0.1) is 14.1 Å². The summed E-state index contributed by atoms with van der Waals surface area (Å²) in [6, 6.07) is 3.47. The Morgan fingerprint density at radius 3 is 2.72 bits per heavy atom. The molecule has 0 saturated carbocycles. The Hall–Kier alpha value is -0.370. The van der Waals surface area contributed by atoms with Crippen LogP contribution in [-0.2, 0) is 0 Å². The summed E-state index contributed by atoms with van der Waals surface area (Å²) >= 11 is 15.4. The molecule has 0 radical (unpaired) electrons. The summed E-state index contributed by atoms with van der Waals surface area (Å²) in [6.07, 6.45) is 0. The zero-order valence-corrected chi connectivity index (χ0v) is 13.6. The molecule has 94 valence electrons. The first-order valence-electron chi connectivity index (χ1n) is 4.85. The lowest BCUT2D eigenvalue weighted by atomic mass is 10.2. The number of halogens is 3. The molecule has 0 aliphatic carbocycles. The van der Waals surface area contributed by atoms with Gasteiger partial charge in [0, 0.05) is 5.38 Å². The van der Waals surface area contributed by atoms with E-state index < -0.39 is 0 Å². The number of nitrogens with one attached hydrogen (secondary N) is 1. The van der Waals surface area contributed by atoms with Gasteiger partial charge in [-0.05, 0) is 47.2 Å². The van der Waals surface area contributed by atoms with Crippen LogP contribution in [0.2, 0.25) is 10.3 Å². The van der Waals surface area contributed by atoms with Gasteiger partial charge in [-0.1, -0.05) is 23.2 Å². The number of rotatable bonds is 2. The number of carbonyl (C=O) groups excluding carboxylic acids is 1. The van der Waals surface area contributed by atoms with E-state index in [1.165, 1.54) is 11.3 Å². The first-order valence-corrected chi connectivity index (χ1v) is 7.57. The van der Waals surface area contributed by atoms with Gasteiger partial charge in [0.1, 0.15) is 5.15 Å². The molecule has 0 spiro atoms. The minimum absolute atomic E-state index is 0.193. The van der Waals surface area contributed by atoms with E-state index in [2.05, 4.69) is 32.9 Å². The van der Waals surface area contributed by atoms with Crippen LogP contribution in [0.5, 0.6) is 0 Å². The van der Waals surface area contributed by atoms with E-state index in [1.54, 1.807) is 11.4 Å². The number of anilines is 1. The van der Waals surface area contributed by atoms with Crippen molar-refractivity contribution in [2.24, 2.45) is 0 Å². The number of nitrogens with zero attached hydrogens (tertiary/aromatic N) is 1. The molecule has 0 aliphatic heterocycles. The standard InChI is InChI=1S/C11H7Cl2IN2OS/c1-5-2-7(12)15-10(13)9(5)16-11(17)6-3-8(14)18-4-6/h2-4H,1H3,(H,16,17). The second kappa shape index (κ2) is 5.73. The molecule has 18 heavy (non-hydrogen) atoms. The molecule has 0 fully saturated rings. The fraction of sp³-hybridized carbons (Fsp3) is 0.0909. The van der Waals surface area contributed by atoms with Crippen molar-refractivity contribution in [1.29, 1.82) is 0 Å². The molecule has 0 atom stereocenters. The Kier molecular flexibility index (Phi) is 4.47. The maximum absolute atomic E-state index is 12.0. The molecule has 1 amide bonds. The third-order valence-corrected chi connectivity index (χ3v) is 4.47. The third kappa shape index (κ3) is 3.14. The van der Waals surface area contributed by atoms with Gasteiger partial charge in [0.15, 0.2) is 5.15 Å². The molecule has 2 rings (SSSR count). The van der Waals surface area contributed by atoms with Gasteiger partial charge in [-0.3, -0.25) is 4.79 Å². The highest BCUT2D eigenvalue weighted by Gasteiger charge is 2.13. The zero-order chi connectivity index (χ0) is 13.3. The summed E-state index contributed by atoms with van der Waals surface area (Å²) in [4.78, 5) is 15.9. The minimum atomic E-state index is -0.205. The number of thiophene rings is 1. The molecule has 3 nitrogen and oxygen atoms in total. The van der Waals surface area contributed by atoms with Crippen molar-refractivity contribution in [3.8, 4) is 0 Å². The van der Waals surface area contributed by atoms with Gasteiger partial charge in [-0.2, -0.15) is 0 Å². The number of aromatic nitrogens is 1. The van der Waals surface area contributed by atoms with Crippen molar-refractivity contribution in [3.05, 3.63) is 41.8 Å². The number of aryl methyl sites for hydroxylation is 1. The number of hydrogen-bond acceptors (Lipinski definition) is 3. The molecule has 0 saturated heterocycles. The average molecular weight is 413 g/mol. The maximum atomic E-state index is 12.0. The first kappa shape index (κ1) is 14.0. The van der Waals surface area contributed by atoms with Gasteiger partial charge in [0.2, 0.25) is 0 Å². The lowest BCUT2D eigenvalue weighted by molar-refractivity contribution is 0.102. The summed E-state index contributed by atoms with van der Waals surface area (Å²) in [5.74, 6) is -0.205. The SMILES string of the molecule is Cc1cc(Cl)nc(Cl)c1NC(=O)c1csc(I)c1. The molecule has 0 aliphatic rings. The number of amides is 1. The average Bonchev–Trinajstić information content (AvgIpc) is 2.70. The van der Waals surface area contributed by atoms with Gasteiger partial charge in [-0.15, -0.1) is 11.3 Å². The van der Waals surface area contributed by atoms with Crippen LogP contribution in [-0.4, -0.2) is 10.9 Å². The van der Waals surface area contributed by atoms with Crippen LogP contribution < -0.4 is 5.32 Å². The highest BCUT2D eigenvalue weighted by atomic mass is 127. The molecule has 0 unspecified atom stereocenters. The van der Waals surface area contributed by atoms with Crippen molar-refractivity contribution in [3.63, 3.8) is 0 Å². The van der Waals surface area contributed by atoms with Crippen LogP contribution in [0.3, 0.4) is 0 Å². The van der Waals surface area contributed by atoms with Gasteiger partial charge < -0.3 is 5.32 Å². The fourth-order valence-corrected chi connectivity index (χ4v) is 3.27. The van der Waals surface area contributed by atoms with Gasteiger partial charge in [0.25, 0.3) is 5.91 Å². The van der Waals surface area contributed by atoms with Crippen LogP contribution in [0.15, 0.2) is 17.5 Å². The molecule has 2 aromatic rings. The van der Waals surface area contributed by atoms with Crippen molar-refractivity contribution < 1.29 is 4.79 Å². The van der Waals surface area contributed by atoms with E-state index in [-0.39, 0.29) is 11.1 Å². The summed E-state index contributed by atoms with van der Waals surface area (Å²) in [5, 5.41) is 5.04. The normalized spacial score (nSPS) is 10.4. The van der Waals surface area contributed by atoms with E-state index in [9.17, 15) is 4.79 Å². The Bertz CT molecular complexity index is 592. The van der Waals surface area contributed by atoms with Gasteiger partial charge >= 0.3 is 0 Å². The summed E-state index contributed by atoms with van der Waals surface area (Å²) in [6.45, 7) is 1.81. The third-order valence-electron chi connectivity index (χ3n) is 2.21. The van der Waals surface area contributed by atoms with Crippen LogP contribution in [0, 0.1) is 9.81 Å². The number of pyridine rings is 1. The smallest absolute Gasteiger partial charge is 0.256 e. The minimum Gasteiger partial charge on any atom is -0.319 e. The predicted molar refractivity (Wildman–Crippen MR) is 84.0 cm³/mol. The maximum Gasteiger partial charge on any atom is 0.256 e.